The van der Waals surface area contributed by atoms with Crippen LogP contribution >= 0.6 is 11.6 Å². The Balaban J connectivity index is 0.00000111. The number of carbonyl (C=O) groups is 5. The molecule has 4 amide bonds. The van der Waals surface area contributed by atoms with Gasteiger partial charge in [0.2, 0.25) is 17.7 Å². The van der Waals surface area contributed by atoms with Gasteiger partial charge in [-0.1, -0.05) is 61.0 Å². The monoisotopic (exact) mass is 696 g/mol. The second-order valence-electron chi connectivity index (χ2n) is 13.6. The van der Waals surface area contributed by atoms with E-state index in [-0.39, 0.29) is 54.1 Å². The number of hydrogen-bond donors (Lipinski definition) is 0. The van der Waals surface area contributed by atoms with Crippen LogP contribution in [-0.2, 0) is 39.9 Å². The van der Waals surface area contributed by atoms with Gasteiger partial charge in [0.1, 0.15) is 24.2 Å². The summed E-state index contributed by atoms with van der Waals surface area (Å²) in [6.07, 6.45) is 11.1. The lowest BCUT2D eigenvalue weighted by molar-refractivity contribution is -0.158. The molecule has 49 heavy (non-hydrogen) atoms. The number of esters is 1. The predicted molar refractivity (Wildman–Crippen MR) is 184 cm³/mol. The summed E-state index contributed by atoms with van der Waals surface area (Å²) in [5.74, 6) is -1.94. The van der Waals surface area contributed by atoms with E-state index in [1.54, 1.807) is 21.8 Å². The molecule has 1 aromatic carbocycles. The molecule has 5 heterocycles. The van der Waals surface area contributed by atoms with Crippen LogP contribution in [0.25, 0.3) is 0 Å². The number of nitrogens with zero attached hydrogens (tertiary/aromatic N) is 4. The number of hydrogen-bond acceptors (Lipinski definition) is 7. The highest BCUT2D eigenvalue weighted by Gasteiger charge is 2.58. The highest BCUT2D eigenvalue weighted by atomic mass is 35.5. The molecule has 0 radical (unpaired) electrons. The molecule has 0 bridgehead atoms. The SMILES string of the molecule is CCOC.COC(=O)CN1C(=O)[C@@H]2[C@@H](C=C[C@H]1C)CCN2C(=O)[C@@H]1CC[C@H]2C=C[C@]3(CCCN3C(=O)[C@@H](C)Cc3ccccc3Cl)C(=O)N21. The molecule has 0 aliphatic carbocycles. The van der Waals surface area contributed by atoms with Crippen molar-refractivity contribution in [1.82, 2.24) is 19.6 Å². The molecule has 0 aromatic heterocycles. The van der Waals surface area contributed by atoms with Crippen molar-refractivity contribution in [2.24, 2.45) is 11.8 Å². The van der Waals surface area contributed by atoms with E-state index in [9.17, 15) is 24.0 Å². The molecule has 0 unspecified atom stereocenters. The van der Waals surface area contributed by atoms with Gasteiger partial charge in [0, 0.05) is 49.7 Å². The average molecular weight is 697 g/mol. The molecule has 0 saturated carbocycles. The summed E-state index contributed by atoms with van der Waals surface area (Å²) in [5, 5.41) is 0.609. The third kappa shape index (κ3) is 7.01. The fraction of sp³-hybridized carbons (Fsp3) is 0.595. The van der Waals surface area contributed by atoms with Crippen LogP contribution in [0.3, 0.4) is 0 Å². The molecule has 11 nitrogen and oxygen atoms in total. The smallest absolute Gasteiger partial charge is 0.325 e. The van der Waals surface area contributed by atoms with Crippen molar-refractivity contribution in [2.45, 2.75) is 89.0 Å². The van der Waals surface area contributed by atoms with Crippen LogP contribution in [0.1, 0.15) is 58.4 Å². The van der Waals surface area contributed by atoms with Gasteiger partial charge in [0.05, 0.1) is 13.2 Å². The minimum atomic E-state index is -1.13. The van der Waals surface area contributed by atoms with E-state index in [1.165, 1.54) is 12.0 Å². The Morgan fingerprint density at radius 1 is 1.04 bits per heavy atom. The summed E-state index contributed by atoms with van der Waals surface area (Å²) in [6, 6.07) is 5.43. The minimum Gasteiger partial charge on any atom is -0.468 e. The first-order chi connectivity index (χ1) is 23.5. The first kappa shape index (κ1) is 36.6. The summed E-state index contributed by atoms with van der Waals surface area (Å²) in [4.78, 5) is 75.2. The predicted octanol–water partition coefficient (Wildman–Crippen LogP) is 3.64. The topological polar surface area (TPSA) is 117 Å². The van der Waals surface area contributed by atoms with Crippen molar-refractivity contribution in [3.05, 3.63) is 59.2 Å². The summed E-state index contributed by atoms with van der Waals surface area (Å²) < 4.78 is 9.37. The minimum absolute atomic E-state index is 0.107. The summed E-state index contributed by atoms with van der Waals surface area (Å²) >= 11 is 6.38. The van der Waals surface area contributed by atoms with E-state index in [2.05, 4.69) is 4.74 Å². The molecule has 12 heteroatoms. The quantitative estimate of drug-likeness (QED) is 0.316. The zero-order valence-corrected chi connectivity index (χ0v) is 29.9. The van der Waals surface area contributed by atoms with Crippen LogP contribution in [-0.4, -0.2) is 119 Å². The molecule has 6 rings (SSSR count). The fourth-order valence-corrected chi connectivity index (χ4v) is 8.21. The van der Waals surface area contributed by atoms with Gasteiger partial charge in [0.25, 0.3) is 5.91 Å². The number of benzene rings is 1. The number of likely N-dealkylation sites (tertiary alicyclic amines) is 2. The van der Waals surface area contributed by atoms with E-state index in [4.69, 9.17) is 16.3 Å². The van der Waals surface area contributed by atoms with Crippen molar-refractivity contribution >= 4 is 41.2 Å². The van der Waals surface area contributed by atoms with Crippen LogP contribution in [0.4, 0.5) is 0 Å². The molecule has 1 aromatic rings. The molecule has 5 aliphatic rings. The van der Waals surface area contributed by atoms with E-state index >= 15 is 0 Å². The number of halogens is 1. The normalized spacial score (nSPS) is 29.4. The number of carbonyl (C=O) groups excluding carboxylic acids is 5. The fourth-order valence-electron chi connectivity index (χ4n) is 7.99. The number of amides is 4. The van der Waals surface area contributed by atoms with Crippen molar-refractivity contribution in [2.75, 3.05) is 40.5 Å². The largest absolute Gasteiger partial charge is 0.468 e. The highest BCUT2D eigenvalue weighted by molar-refractivity contribution is 6.31. The number of ether oxygens (including phenoxy) is 2. The van der Waals surface area contributed by atoms with Gasteiger partial charge in [0.15, 0.2) is 0 Å². The average Bonchev–Trinajstić information content (AvgIpc) is 3.84. The number of rotatable bonds is 7. The van der Waals surface area contributed by atoms with Crippen LogP contribution in [0.15, 0.2) is 48.6 Å². The van der Waals surface area contributed by atoms with Crippen LogP contribution < -0.4 is 0 Å². The number of methoxy groups -OCH3 is 2. The Labute approximate surface area is 294 Å². The maximum atomic E-state index is 14.5. The lowest BCUT2D eigenvalue weighted by atomic mass is 9.87. The van der Waals surface area contributed by atoms with Crippen molar-refractivity contribution in [3.63, 3.8) is 0 Å². The van der Waals surface area contributed by atoms with Gasteiger partial charge in [-0.3, -0.25) is 24.0 Å². The highest BCUT2D eigenvalue weighted by Crippen LogP contribution is 2.43. The van der Waals surface area contributed by atoms with Gasteiger partial charge in [-0.25, -0.2) is 0 Å². The van der Waals surface area contributed by atoms with E-state index < -0.39 is 23.6 Å². The first-order valence-electron chi connectivity index (χ1n) is 17.4. The molecular weight excluding hydrogens is 648 g/mol. The molecule has 3 fully saturated rings. The Kier molecular flexibility index (Phi) is 11.5. The van der Waals surface area contributed by atoms with Gasteiger partial charge in [-0.2, -0.15) is 0 Å². The third-order valence-electron chi connectivity index (χ3n) is 10.7. The molecular formula is C37H49ClN4O7. The zero-order valence-electron chi connectivity index (χ0n) is 29.2. The first-order valence-corrected chi connectivity index (χ1v) is 17.8. The standard InChI is InChI=1S/C34H41ClN4O6.C3H8O/c1-21(19-24-7-4-5-8-26(24)35)30(41)38-17-6-15-34(38)16-13-25-11-12-27(39(25)33(34)44)31(42)36-18-14-23-10-9-22(2)37(20-28(40)45-3)32(43)29(23)36;1-3-4-2/h4-5,7-10,13,16,21-23,25,27,29H,6,11-12,14-15,17-20H2,1-3H3;3H2,1-2H3/t21-,22+,23-,25-,27-,29-,34+;/m0./s1. The molecule has 266 valence electrons. The zero-order chi connectivity index (χ0) is 35.5. The van der Waals surface area contributed by atoms with Crippen LogP contribution in [0, 0.1) is 11.8 Å². The molecule has 5 aliphatic heterocycles. The van der Waals surface area contributed by atoms with Gasteiger partial charge in [-0.05, 0) is 64.0 Å². The Morgan fingerprint density at radius 2 is 1.78 bits per heavy atom. The lowest BCUT2D eigenvalue weighted by Gasteiger charge is -2.45. The van der Waals surface area contributed by atoms with Crippen LogP contribution in [0.2, 0.25) is 5.02 Å². The van der Waals surface area contributed by atoms with E-state index in [1.807, 2.05) is 69.3 Å². The van der Waals surface area contributed by atoms with E-state index in [0.29, 0.717) is 56.6 Å². The molecule has 1 spiro atoms. The molecule has 0 N–H and O–H groups in total. The molecule has 3 saturated heterocycles. The van der Waals surface area contributed by atoms with Gasteiger partial charge >= 0.3 is 5.97 Å². The second-order valence-corrected chi connectivity index (χ2v) is 14.0. The van der Waals surface area contributed by atoms with Crippen molar-refractivity contribution in [3.8, 4) is 0 Å². The summed E-state index contributed by atoms with van der Waals surface area (Å²) in [7, 11) is 2.96. The Morgan fingerprint density at radius 3 is 2.47 bits per heavy atom. The molecule has 7 atom stereocenters. The van der Waals surface area contributed by atoms with Crippen LogP contribution in [0.5, 0.6) is 0 Å². The van der Waals surface area contributed by atoms with Crippen molar-refractivity contribution < 1.29 is 33.4 Å². The summed E-state index contributed by atoms with van der Waals surface area (Å²) in [6.45, 7) is 7.14. The third-order valence-corrected chi connectivity index (χ3v) is 11.1. The Hall–Kier alpha value is -3.70. The maximum absolute atomic E-state index is 14.5. The van der Waals surface area contributed by atoms with E-state index in [0.717, 1.165) is 12.2 Å². The van der Waals surface area contributed by atoms with Gasteiger partial charge in [-0.15, -0.1) is 0 Å². The second kappa shape index (κ2) is 15.5. The lowest BCUT2D eigenvalue weighted by Crippen LogP contribution is -2.64. The maximum Gasteiger partial charge on any atom is 0.325 e. The van der Waals surface area contributed by atoms with Crippen molar-refractivity contribution in [1.29, 1.82) is 0 Å². The number of fused-ring (bicyclic) bond motifs is 2. The Bertz CT molecular complexity index is 1500. The van der Waals surface area contributed by atoms with Gasteiger partial charge < -0.3 is 29.1 Å². The summed E-state index contributed by atoms with van der Waals surface area (Å²) in [5.41, 5.74) is -0.248.